The molecule has 0 fully saturated rings. The topological polar surface area (TPSA) is 71.2 Å². The average molecular weight is 223 g/mol. The minimum Gasteiger partial charge on any atom is -0.390 e. The lowest BCUT2D eigenvalue weighted by molar-refractivity contribution is -0.0372. The smallest absolute Gasteiger partial charge is 0.287 e. The van der Waals surface area contributed by atoms with Crippen molar-refractivity contribution in [3.63, 3.8) is 0 Å². The van der Waals surface area contributed by atoms with E-state index in [9.17, 15) is 8.78 Å². The molecule has 0 aliphatic carbocycles. The third kappa shape index (κ3) is 2.52. The average Bonchev–Trinajstić information content (AvgIpc) is 2.45. The SMILES string of the molecule is Cc1c(N)nsc1NCC(F)(F)CO. The summed E-state index contributed by atoms with van der Waals surface area (Å²) in [5.41, 5.74) is 6.09. The molecule has 0 aliphatic heterocycles. The molecular weight excluding hydrogens is 212 g/mol. The van der Waals surface area contributed by atoms with E-state index in [1.165, 1.54) is 0 Å². The Hall–Kier alpha value is -0.950. The molecule has 1 heterocycles. The molecule has 0 spiro atoms. The predicted molar refractivity (Wildman–Crippen MR) is 51.8 cm³/mol. The summed E-state index contributed by atoms with van der Waals surface area (Å²) in [6.45, 7) is -0.0996. The number of nitrogen functional groups attached to an aromatic ring is 1. The maximum absolute atomic E-state index is 12.6. The van der Waals surface area contributed by atoms with Crippen LogP contribution in [0, 0.1) is 6.92 Å². The lowest BCUT2D eigenvalue weighted by Crippen LogP contribution is -2.30. The van der Waals surface area contributed by atoms with E-state index in [0.717, 1.165) is 11.5 Å². The maximum Gasteiger partial charge on any atom is 0.287 e. The van der Waals surface area contributed by atoms with Crippen molar-refractivity contribution >= 4 is 22.4 Å². The number of hydrogen-bond donors (Lipinski definition) is 3. The van der Waals surface area contributed by atoms with Crippen LogP contribution in [0.5, 0.6) is 0 Å². The number of aliphatic hydroxyl groups is 1. The molecule has 0 radical (unpaired) electrons. The number of nitrogens with one attached hydrogen (secondary N) is 1. The van der Waals surface area contributed by atoms with Gasteiger partial charge in [-0.05, 0) is 18.5 Å². The zero-order chi connectivity index (χ0) is 10.8. The summed E-state index contributed by atoms with van der Waals surface area (Å²) in [6.07, 6.45) is 0. The highest BCUT2D eigenvalue weighted by atomic mass is 32.1. The van der Waals surface area contributed by atoms with Gasteiger partial charge in [-0.15, -0.1) is 0 Å². The number of halogens is 2. The molecule has 1 rings (SSSR count). The molecule has 0 amide bonds. The van der Waals surface area contributed by atoms with Crippen LogP contribution >= 0.6 is 11.5 Å². The molecular formula is C7H11F2N3OS. The number of nitrogens with two attached hydrogens (primary N) is 1. The van der Waals surface area contributed by atoms with E-state index in [2.05, 4.69) is 9.69 Å². The fourth-order valence-electron chi connectivity index (χ4n) is 0.778. The molecule has 7 heteroatoms. The Kier molecular flexibility index (Phi) is 3.22. The zero-order valence-electron chi connectivity index (χ0n) is 7.55. The molecule has 1 aromatic rings. The number of alkyl halides is 2. The standard InChI is InChI=1S/C7H11F2N3OS/c1-4-5(10)12-14-6(4)11-2-7(8,9)3-13/h11,13H,2-3H2,1H3,(H2,10,12). The highest BCUT2D eigenvalue weighted by Crippen LogP contribution is 2.26. The van der Waals surface area contributed by atoms with Crippen molar-refractivity contribution in [1.29, 1.82) is 0 Å². The van der Waals surface area contributed by atoms with Crippen molar-refractivity contribution < 1.29 is 13.9 Å². The molecule has 0 saturated carbocycles. The number of nitrogens with zero attached hydrogens (tertiary/aromatic N) is 1. The third-order valence-corrected chi connectivity index (χ3v) is 2.62. The van der Waals surface area contributed by atoms with Gasteiger partial charge >= 0.3 is 0 Å². The Balaban J connectivity index is 2.58. The predicted octanol–water partition coefficient (Wildman–Crippen LogP) is 1.07. The van der Waals surface area contributed by atoms with Crippen molar-refractivity contribution in [2.24, 2.45) is 0 Å². The van der Waals surface area contributed by atoms with Crippen LogP contribution in [0.2, 0.25) is 0 Å². The molecule has 0 saturated heterocycles. The van der Waals surface area contributed by atoms with Crippen LogP contribution in [-0.4, -0.2) is 28.6 Å². The number of hydrogen-bond acceptors (Lipinski definition) is 5. The van der Waals surface area contributed by atoms with Gasteiger partial charge in [0.25, 0.3) is 5.92 Å². The van der Waals surface area contributed by atoms with Gasteiger partial charge in [0.2, 0.25) is 0 Å². The van der Waals surface area contributed by atoms with E-state index in [-0.39, 0.29) is 0 Å². The molecule has 0 atom stereocenters. The molecule has 4 nitrogen and oxygen atoms in total. The minimum absolute atomic E-state index is 0.338. The largest absolute Gasteiger partial charge is 0.390 e. The number of aromatic nitrogens is 1. The summed E-state index contributed by atoms with van der Waals surface area (Å²) in [5.74, 6) is -2.78. The van der Waals surface area contributed by atoms with Gasteiger partial charge in [0.05, 0.1) is 6.54 Å². The summed E-state index contributed by atoms with van der Waals surface area (Å²) in [6, 6.07) is 0. The van der Waals surface area contributed by atoms with E-state index in [0.29, 0.717) is 16.4 Å². The van der Waals surface area contributed by atoms with E-state index in [1.807, 2.05) is 0 Å². The quantitative estimate of drug-likeness (QED) is 0.714. The number of aliphatic hydroxyl groups excluding tert-OH is 1. The van der Waals surface area contributed by atoms with Gasteiger partial charge in [-0.25, -0.2) is 8.78 Å². The molecule has 14 heavy (non-hydrogen) atoms. The first kappa shape index (κ1) is 11.1. The number of anilines is 2. The molecule has 1 aromatic heterocycles. The van der Waals surface area contributed by atoms with Gasteiger partial charge in [-0.3, -0.25) is 0 Å². The van der Waals surface area contributed by atoms with Crippen LogP contribution in [0.15, 0.2) is 0 Å². The molecule has 0 bridgehead atoms. The van der Waals surface area contributed by atoms with Crippen LogP contribution in [0.3, 0.4) is 0 Å². The van der Waals surface area contributed by atoms with Crippen LogP contribution in [0.4, 0.5) is 19.6 Å². The van der Waals surface area contributed by atoms with E-state index in [4.69, 9.17) is 10.8 Å². The summed E-state index contributed by atoms with van der Waals surface area (Å²) in [7, 11) is 0. The van der Waals surface area contributed by atoms with Crippen molar-refractivity contribution in [2.75, 3.05) is 24.2 Å². The molecule has 0 aromatic carbocycles. The van der Waals surface area contributed by atoms with Crippen molar-refractivity contribution in [3.05, 3.63) is 5.56 Å². The summed E-state index contributed by atoms with van der Waals surface area (Å²) >= 11 is 1.03. The van der Waals surface area contributed by atoms with Crippen LogP contribution in [0.25, 0.3) is 0 Å². The Morgan fingerprint density at radius 1 is 1.64 bits per heavy atom. The second kappa shape index (κ2) is 4.05. The van der Waals surface area contributed by atoms with Gasteiger partial charge in [0.1, 0.15) is 17.4 Å². The van der Waals surface area contributed by atoms with Crippen LogP contribution in [-0.2, 0) is 0 Å². The van der Waals surface area contributed by atoms with Crippen molar-refractivity contribution in [3.8, 4) is 0 Å². The third-order valence-electron chi connectivity index (χ3n) is 1.70. The number of rotatable bonds is 4. The highest BCUT2D eigenvalue weighted by Gasteiger charge is 2.27. The van der Waals surface area contributed by atoms with Gasteiger partial charge < -0.3 is 16.2 Å². The lowest BCUT2D eigenvalue weighted by atomic mass is 10.3. The second-order valence-corrected chi connectivity index (χ2v) is 3.66. The van der Waals surface area contributed by atoms with Gasteiger partial charge in [-0.2, -0.15) is 4.37 Å². The van der Waals surface area contributed by atoms with E-state index in [1.54, 1.807) is 6.92 Å². The fourth-order valence-corrected chi connectivity index (χ4v) is 1.48. The molecule has 4 N–H and O–H groups in total. The first-order chi connectivity index (χ1) is 6.46. The Bertz CT molecular complexity index is 316. The van der Waals surface area contributed by atoms with Crippen LogP contribution in [0.1, 0.15) is 5.56 Å². The normalized spacial score (nSPS) is 11.7. The van der Waals surface area contributed by atoms with Crippen molar-refractivity contribution in [1.82, 2.24) is 4.37 Å². The monoisotopic (exact) mass is 223 g/mol. The Morgan fingerprint density at radius 3 is 2.71 bits per heavy atom. The second-order valence-electron chi connectivity index (χ2n) is 2.89. The first-order valence-electron chi connectivity index (χ1n) is 3.90. The van der Waals surface area contributed by atoms with Crippen molar-refractivity contribution in [2.45, 2.75) is 12.8 Å². The van der Waals surface area contributed by atoms with Crippen LogP contribution < -0.4 is 11.1 Å². The molecule has 0 aliphatic rings. The molecule has 0 unspecified atom stereocenters. The van der Waals surface area contributed by atoms with Gasteiger partial charge in [-0.1, -0.05) is 0 Å². The Morgan fingerprint density at radius 2 is 2.29 bits per heavy atom. The fraction of sp³-hybridized carbons (Fsp3) is 0.571. The van der Waals surface area contributed by atoms with E-state index < -0.39 is 19.1 Å². The molecule has 80 valence electrons. The highest BCUT2D eigenvalue weighted by molar-refractivity contribution is 7.10. The summed E-state index contributed by atoms with van der Waals surface area (Å²) < 4.78 is 29.0. The first-order valence-corrected chi connectivity index (χ1v) is 4.68. The van der Waals surface area contributed by atoms with E-state index >= 15 is 0 Å². The maximum atomic E-state index is 12.6. The minimum atomic E-state index is -3.12. The summed E-state index contributed by atoms with van der Waals surface area (Å²) in [5, 5.41) is 11.3. The van der Waals surface area contributed by atoms with Gasteiger partial charge in [0.15, 0.2) is 0 Å². The Labute approximate surface area is 83.9 Å². The zero-order valence-corrected chi connectivity index (χ0v) is 8.37. The lowest BCUT2D eigenvalue weighted by Gasteiger charge is -2.13. The summed E-state index contributed by atoms with van der Waals surface area (Å²) in [4.78, 5) is 0. The van der Waals surface area contributed by atoms with Gasteiger partial charge in [0, 0.05) is 5.56 Å².